The molecule has 0 unspecified atom stereocenters. The summed E-state index contributed by atoms with van der Waals surface area (Å²) >= 11 is 0. The molecule has 1 aliphatic carbocycles. The second-order valence-electron chi connectivity index (χ2n) is 7.45. The molecule has 1 aromatic carbocycles. The minimum absolute atomic E-state index is 0.153. The van der Waals surface area contributed by atoms with Crippen molar-refractivity contribution in [2.45, 2.75) is 77.8 Å². The molecule has 0 saturated heterocycles. The number of rotatable bonds is 6. The van der Waals surface area contributed by atoms with E-state index in [1.165, 1.54) is 23.4 Å². The molecule has 1 amide bonds. The lowest BCUT2D eigenvalue weighted by Crippen LogP contribution is -2.51. The molecule has 1 atom stereocenters. The van der Waals surface area contributed by atoms with Gasteiger partial charge in [-0.2, -0.15) is 0 Å². The number of carbonyl (C=O) groups is 1. The molecule has 0 bridgehead atoms. The molecule has 1 fully saturated rings. The number of hydrogen-bond donors (Lipinski definition) is 1. The summed E-state index contributed by atoms with van der Waals surface area (Å²) in [6.07, 6.45) is 8.21. The van der Waals surface area contributed by atoms with Crippen LogP contribution in [0.1, 0.15) is 63.0 Å². The molecule has 1 aromatic rings. The Labute approximate surface area is 158 Å². The summed E-state index contributed by atoms with van der Waals surface area (Å²) in [6, 6.07) is 4.96. The van der Waals surface area contributed by atoms with Crippen molar-refractivity contribution in [3.05, 3.63) is 29.3 Å². The molecule has 5 nitrogen and oxygen atoms in total. The molecule has 0 aromatic heterocycles. The highest BCUT2D eigenvalue weighted by Gasteiger charge is 2.32. The van der Waals surface area contributed by atoms with Crippen molar-refractivity contribution in [2.24, 2.45) is 0 Å². The summed E-state index contributed by atoms with van der Waals surface area (Å²) in [5.41, 5.74) is 2.66. The fourth-order valence-corrected chi connectivity index (χ4v) is 4.85. The zero-order chi connectivity index (χ0) is 19.3. The first-order valence-electron chi connectivity index (χ1n) is 9.61. The first kappa shape index (κ1) is 20.7. The van der Waals surface area contributed by atoms with E-state index in [1.54, 1.807) is 6.07 Å². The molecule has 1 aliphatic rings. The Hall–Kier alpha value is -1.56. The smallest absolute Gasteiger partial charge is 0.244 e. The molecule has 0 radical (unpaired) electrons. The molecule has 2 rings (SSSR count). The average molecular weight is 381 g/mol. The Balaban J connectivity index is 2.28. The third kappa shape index (κ3) is 5.22. The second-order valence-corrected chi connectivity index (χ2v) is 9.31. The molecular weight excluding hydrogens is 348 g/mol. The fraction of sp³-hybridized carbons (Fsp3) is 0.650. The highest BCUT2D eigenvalue weighted by Crippen LogP contribution is 2.25. The van der Waals surface area contributed by atoms with Crippen LogP contribution in [0.25, 0.3) is 0 Å². The van der Waals surface area contributed by atoms with E-state index >= 15 is 0 Å². The third-order valence-electron chi connectivity index (χ3n) is 5.28. The number of anilines is 1. The number of hydrogen-bond acceptors (Lipinski definition) is 3. The highest BCUT2D eigenvalue weighted by atomic mass is 32.2. The van der Waals surface area contributed by atoms with Gasteiger partial charge in [-0.15, -0.1) is 0 Å². The van der Waals surface area contributed by atoms with Crippen LogP contribution in [0.2, 0.25) is 0 Å². The SMILES string of the molecule is CC[C@@H](C(=O)NC1CCCCCC1)N(c1ccc(C)c(C)c1)S(C)(=O)=O. The summed E-state index contributed by atoms with van der Waals surface area (Å²) in [7, 11) is -3.58. The summed E-state index contributed by atoms with van der Waals surface area (Å²) in [4.78, 5) is 13.0. The van der Waals surface area contributed by atoms with E-state index in [-0.39, 0.29) is 11.9 Å². The summed E-state index contributed by atoms with van der Waals surface area (Å²) in [5, 5.41) is 3.11. The van der Waals surface area contributed by atoms with Gasteiger partial charge in [-0.25, -0.2) is 8.42 Å². The summed E-state index contributed by atoms with van der Waals surface area (Å²) in [5.74, 6) is -0.192. The number of benzene rings is 1. The van der Waals surface area contributed by atoms with Gasteiger partial charge in [0.05, 0.1) is 11.9 Å². The monoisotopic (exact) mass is 380 g/mol. The van der Waals surface area contributed by atoms with Crippen molar-refractivity contribution >= 4 is 21.6 Å². The number of sulfonamides is 1. The number of aryl methyl sites for hydroxylation is 2. The van der Waals surface area contributed by atoms with Crippen molar-refractivity contribution in [1.29, 1.82) is 0 Å². The van der Waals surface area contributed by atoms with Gasteiger partial charge in [0.2, 0.25) is 15.9 Å². The number of nitrogens with zero attached hydrogens (tertiary/aromatic N) is 1. The summed E-state index contributed by atoms with van der Waals surface area (Å²) in [6.45, 7) is 5.79. The van der Waals surface area contributed by atoms with Gasteiger partial charge in [0, 0.05) is 6.04 Å². The fourth-order valence-electron chi connectivity index (χ4n) is 3.64. The van der Waals surface area contributed by atoms with Crippen LogP contribution in [0.4, 0.5) is 5.69 Å². The number of amides is 1. The highest BCUT2D eigenvalue weighted by molar-refractivity contribution is 7.92. The predicted octanol–water partition coefficient (Wildman–Crippen LogP) is 3.69. The van der Waals surface area contributed by atoms with Gasteiger partial charge in [-0.1, -0.05) is 38.7 Å². The van der Waals surface area contributed by atoms with Crippen molar-refractivity contribution in [2.75, 3.05) is 10.6 Å². The maximum atomic E-state index is 13.0. The Morgan fingerprint density at radius 3 is 2.27 bits per heavy atom. The standard InChI is InChI=1S/C20H32N2O3S/c1-5-19(20(23)21-17-10-8-6-7-9-11-17)22(26(4,24)25)18-13-12-15(2)16(3)14-18/h12-14,17,19H,5-11H2,1-4H3,(H,21,23)/t19-/m0/s1. The largest absolute Gasteiger partial charge is 0.352 e. The van der Waals surface area contributed by atoms with Crippen molar-refractivity contribution in [1.82, 2.24) is 5.32 Å². The van der Waals surface area contributed by atoms with Crippen LogP contribution in [-0.4, -0.2) is 32.7 Å². The lowest BCUT2D eigenvalue weighted by molar-refractivity contribution is -0.123. The zero-order valence-electron chi connectivity index (χ0n) is 16.4. The quantitative estimate of drug-likeness (QED) is 0.766. The van der Waals surface area contributed by atoms with Crippen LogP contribution in [0.3, 0.4) is 0 Å². The molecule has 1 N–H and O–H groups in total. The minimum atomic E-state index is -3.58. The van der Waals surface area contributed by atoms with Crippen LogP contribution < -0.4 is 9.62 Å². The maximum Gasteiger partial charge on any atom is 0.244 e. The lowest BCUT2D eigenvalue weighted by Gasteiger charge is -2.31. The van der Waals surface area contributed by atoms with Crippen LogP contribution in [0, 0.1) is 13.8 Å². The van der Waals surface area contributed by atoms with Crippen LogP contribution in [0.15, 0.2) is 18.2 Å². The van der Waals surface area contributed by atoms with Gasteiger partial charge >= 0.3 is 0 Å². The molecule has 6 heteroatoms. The van der Waals surface area contributed by atoms with Gasteiger partial charge in [0.1, 0.15) is 6.04 Å². The molecule has 0 spiro atoms. The van der Waals surface area contributed by atoms with E-state index in [9.17, 15) is 13.2 Å². The maximum absolute atomic E-state index is 13.0. The Morgan fingerprint density at radius 1 is 1.15 bits per heavy atom. The average Bonchev–Trinajstić information content (AvgIpc) is 2.82. The van der Waals surface area contributed by atoms with Gasteiger partial charge in [0.25, 0.3) is 0 Å². The topological polar surface area (TPSA) is 66.5 Å². The molecule has 26 heavy (non-hydrogen) atoms. The van der Waals surface area contributed by atoms with Gasteiger partial charge in [-0.05, 0) is 56.4 Å². The number of carbonyl (C=O) groups excluding carboxylic acids is 1. The van der Waals surface area contributed by atoms with Crippen molar-refractivity contribution < 1.29 is 13.2 Å². The first-order valence-corrected chi connectivity index (χ1v) is 11.5. The molecule has 146 valence electrons. The van der Waals surface area contributed by atoms with E-state index in [1.807, 2.05) is 32.9 Å². The number of nitrogens with one attached hydrogen (secondary N) is 1. The predicted molar refractivity (Wildman–Crippen MR) is 107 cm³/mol. The Morgan fingerprint density at radius 2 is 1.77 bits per heavy atom. The molecule has 1 saturated carbocycles. The first-order chi connectivity index (χ1) is 12.2. The van der Waals surface area contributed by atoms with Crippen LogP contribution in [-0.2, 0) is 14.8 Å². The normalized spacial score (nSPS) is 17.4. The van der Waals surface area contributed by atoms with Crippen molar-refractivity contribution in [3.63, 3.8) is 0 Å². The van der Waals surface area contributed by atoms with E-state index < -0.39 is 16.1 Å². The second kappa shape index (κ2) is 8.89. The molecular formula is C20H32N2O3S. The van der Waals surface area contributed by atoms with Crippen LogP contribution >= 0.6 is 0 Å². The van der Waals surface area contributed by atoms with E-state index in [4.69, 9.17) is 0 Å². The van der Waals surface area contributed by atoms with Gasteiger partial charge < -0.3 is 5.32 Å². The molecule has 0 heterocycles. The minimum Gasteiger partial charge on any atom is -0.352 e. The van der Waals surface area contributed by atoms with E-state index in [2.05, 4.69) is 5.32 Å². The van der Waals surface area contributed by atoms with Crippen molar-refractivity contribution in [3.8, 4) is 0 Å². The Kier molecular flexibility index (Phi) is 7.09. The Bertz CT molecular complexity index is 723. The van der Waals surface area contributed by atoms with E-state index in [0.717, 1.165) is 36.8 Å². The molecule has 0 aliphatic heterocycles. The van der Waals surface area contributed by atoms with Gasteiger partial charge in [-0.3, -0.25) is 9.10 Å². The summed E-state index contributed by atoms with van der Waals surface area (Å²) < 4.78 is 26.3. The van der Waals surface area contributed by atoms with Gasteiger partial charge in [0.15, 0.2) is 0 Å². The van der Waals surface area contributed by atoms with Crippen LogP contribution in [0.5, 0.6) is 0 Å². The van der Waals surface area contributed by atoms with E-state index in [0.29, 0.717) is 12.1 Å². The zero-order valence-corrected chi connectivity index (χ0v) is 17.2. The third-order valence-corrected chi connectivity index (χ3v) is 6.46. The lowest BCUT2D eigenvalue weighted by atomic mass is 10.1.